The zero-order chi connectivity index (χ0) is 17.5. The molecule has 0 spiro atoms. The lowest BCUT2D eigenvalue weighted by Crippen LogP contribution is -2.31. The fraction of sp³-hybridized carbons (Fsp3) is 0.375. The third-order valence-corrected chi connectivity index (χ3v) is 4.50. The topological polar surface area (TPSA) is 45.1 Å². The molecule has 0 atom stereocenters. The SMILES string of the molecule is CN(C)CCCNC(=S)Nc1nn(Cc2ccccc2Cl)cc1Br. The lowest BCUT2D eigenvalue weighted by Gasteiger charge is -2.11. The van der Waals surface area contributed by atoms with Crippen LogP contribution in [0.2, 0.25) is 5.02 Å². The molecule has 1 aromatic carbocycles. The standard InChI is InChI=1S/C16H21BrClN5S/c1-22(2)9-5-8-19-16(24)20-15-13(17)11-23(21-15)10-12-6-3-4-7-14(12)18/h3-4,6-7,11H,5,8-10H2,1-2H3,(H2,19,20,21,24). The molecule has 24 heavy (non-hydrogen) atoms. The molecule has 8 heteroatoms. The first-order valence-corrected chi connectivity index (χ1v) is 9.19. The van der Waals surface area contributed by atoms with E-state index in [9.17, 15) is 0 Å². The number of aromatic nitrogens is 2. The van der Waals surface area contributed by atoms with Gasteiger partial charge in [0.15, 0.2) is 10.9 Å². The average Bonchev–Trinajstić information content (AvgIpc) is 2.85. The second kappa shape index (κ2) is 9.36. The number of rotatable bonds is 7. The summed E-state index contributed by atoms with van der Waals surface area (Å²) in [6, 6.07) is 7.74. The number of benzene rings is 1. The van der Waals surface area contributed by atoms with Crippen LogP contribution >= 0.6 is 39.7 Å². The van der Waals surface area contributed by atoms with Gasteiger partial charge in [0.1, 0.15) is 0 Å². The maximum Gasteiger partial charge on any atom is 0.172 e. The van der Waals surface area contributed by atoms with Crippen molar-refractivity contribution >= 4 is 50.7 Å². The lowest BCUT2D eigenvalue weighted by atomic mass is 10.2. The third-order valence-electron chi connectivity index (χ3n) is 3.31. The Morgan fingerprint density at radius 1 is 1.38 bits per heavy atom. The molecule has 0 amide bonds. The molecule has 1 aromatic heterocycles. The van der Waals surface area contributed by atoms with E-state index in [1.165, 1.54) is 0 Å². The Hall–Kier alpha value is -1.15. The summed E-state index contributed by atoms with van der Waals surface area (Å²) in [5, 5.41) is 12.1. The van der Waals surface area contributed by atoms with Crippen LogP contribution in [-0.2, 0) is 6.54 Å². The minimum Gasteiger partial charge on any atom is -0.362 e. The Balaban J connectivity index is 1.89. The van der Waals surface area contributed by atoms with Crippen LogP contribution in [0.3, 0.4) is 0 Å². The molecule has 130 valence electrons. The average molecular weight is 431 g/mol. The molecule has 1 heterocycles. The van der Waals surface area contributed by atoms with E-state index in [1.807, 2.05) is 35.1 Å². The Kier molecular flexibility index (Phi) is 7.48. The van der Waals surface area contributed by atoms with Crippen molar-refractivity contribution in [3.8, 4) is 0 Å². The maximum atomic E-state index is 6.20. The van der Waals surface area contributed by atoms with Crippen LogP contribution in [0.4, 0.5) is 5.82 Å². The summed E-state index contributed by atoms with van der Waals surface area (Å²) < 4.78 is 2.68. The van der Waals surface area contributed by atoms with Crippen LogP contribution < -0.4 is 10.6 Å². The quantitative estimate of drug-likeness (QED) is 0.519. The van der Waals surface area contributed by atoms with E-state index in [0.717, 1.165) is 34.6 Å². The van der Waals surface area contributed by atoms with Crippen molar-refractivity contribution in [2.45, 2.75) is 13.0 Å². The highest BCUT2D eigenvalue weighted by molar-refractivity contribution is 9.10. The molecule has 0 aliphatic rings. The molecule has 5 nitrogen and oxygen atoms in total. The van der Waals surface area contributed by atoms with Crippen molar-refractivity contribution in [1.29, 1.82) is 0 Å². The van der Waals surface area contributed by atoms with E-state index in [2.05, 4.69) is 50.7 Å². The first-order chi connectivity index (χ1) is 11.5. The van der Waals surface area contributed by atoms with Crippen LogP contribution in [0, 0.1) is 0 Å². The first kappa shape index (κ1) is 19.2. The van der Waals surface area contributed by atoms with Gasteiger partial charge in [-0.1, -0.05) is 29.8 Å². The minimum absolute atomic E-state index is 0.567. The zero-order valence-corrected chi connectivity index (χ0v) is 16.9. The molecule has 2 rings (SSSR count). The molecule has 0 radical (unpaired) electrons. The van der Waals surface area contributed by atoms with E-state index in [-0.39, 0.29) is 0 Å². The van der Waals surface area contributed by atoms with E-state index < -0.39 is 0 Å². The van der Waals surface area contributed by atoms with Crippen molar-refractivity contribution in [1.82, 2.24) is 20.0 Å². The Bertz CT molecular complexity index is 689. The molecule has 2 aromatic rings. The van der Waals surface area contributed by atoms with Gasteiger partial charge < -0.3 is 15.5 Å². The highest BCUT2D eigenvalue weighted by Crippen LogP contribution is 2.22. The number of halogens is 2. The Labute approximate surface area is 161 Å². The summed E-state index contributed by atoms with van der Waals surface area (Å²) in [7, 11) is 4.11. The summed E-state index contributed by atoms with van der Waals surface area (Å²) in [6.07, 6.45) is 2.93. The normalized spacial score (nSPS) is 10.9. The van der Waals surface area contributed by atoms with Crippen LogP contribution in [0.15, 0.2) is 34.9 Å². The van der Waals surface area contributed by atoms with Gasteiger partial charge in [0, 0.05) is 17.8 Å². The second-order valence-electron chi connectivity index (χ2n) is 5.65. The lowest BCUT2D eigenvalue weighted by molar-refractivity contribution is 0.400. The molecule has 2 N–H and O–H groups in total. The first-order valence-electron chi connectivity index (χ1n) is 7.61. The highest BCUT2D eigenvalue weighted by atomic mass is 79.9. The highest BCUT2D eigenvalue weighted by Gasteiger charge is 2.09. The number of anilines is 1. The predicted octanol–water partition coefficient (Wildman–Crippen LogP) is 3.59. The van der Waals surface area contributed by atoms with Crippen LogP contribution in [0.25, 0.3) is 0 Å². The van der Waals surface area contributed by atoms with Crippen molar-refractivity contribution in [3.63, 3.8) is 0 Å². The molecule has 0 bridgehead atoms. The smallest absolute Gasteiger partial charge is 0.172 e. The van der Waals surface area contributed by atoms with Crippen molar-refractivity contribution in [2.24, 2.45) is 0 Å². The summed E-state index contributed by atoms with van der Waals surface area (Å²) in [5.74, 6) is 0.687. The fourth-order valence-electron chi connectivity index (χ4n) is 2.11. The van der Waals surface area contributed by atoms with Gasteiger partial charge in [0.2, 0.25) is 0 Å². The summed E-state index contributed by atoms with van der Waals surface area (Å²) in [5.41, 5.74) is 1.02. The molecule has 0 saturated heterocycles. The number of nitrogens with one attached hydrogen (secondary N) is 2. The summed E-state index contributed by atoms with van der Waals surface area (Å²) >= 11 is 15.0. The largest absolute Gasteiger partial charge is 0.362 e. The Morgan fingerprint density at radius 2 is 2.12 bits per heavy atom. The van der Waals surface area contributed by atoms with Crippen molar-refractivity contribution in [2.75, 3.05) is 32.5 Å². The van der Waals surface area contributed by atoms with Gasteiger partial charge >= 0.3 is 0 Å². The van der Waals surface area contributed by atoms with Crippen LogP contribution in [0.1, 0.15) is 12.0 Å². The summed E-state index contributed by atoms with van der Waals surface area (Å²) in [4.78, 5) is 2.14. The molecule has 0 unspecified atom stereocenters. The van der Waals surface area contributed by atoms with E-state index >= 15 is 0 Å². The third kappa shape index (κ3) is 6.05. The molecule has 0 aliphatic carbocycles. The molecule has 0 fully saturated rings. The monoisotopic (exact) mass is 429 g/mol. The molecular weight excluding hydrogens is 410 g/mol. The Morgan fingerprint density at radius 3 is 2.83 bits per heavy atom. The van der Waals surface area contributed by atoms with E-state index in [4.69, 9.17) is 23.8 Å². The van der Waals surface area contributed by atoms with Gasteiger partial charge in [-0.15, -0.1) is 0 Å². The van der Waals surface area contributed by atoms with Gasteiger partial charge in [-0.2, -0.15) is 5.10 Å². The summed E-state index contributed by atoms with van der Waals surface area (Å²) in [6.45, 7) is 2.44. The minimum atomic E-state index is 0.567. The maximum absolute atomic E-state index is 6.20. The van der Waals surface area contributed by atoms with Gasteiger partial charge in [-0.3, -0.25) is 4.68 Å². The number of nitrogens with zero attached hydrogens (tertiary/aromatic N) is 3. The number of hydrogen-bond acceptors (Lipinski definition) is 3. The van der Waals surface area contributed by atoms with Crippen molar-refractivity contribution in [3.05, 3.63) is 45.5 Å². The fourth-order valence-corrected chi connectivity index (χ4v) is 2.92. The number of thiocarbonyl (C=S) groups is 1. The van der Waals surface area contributed by atoms with Gasteiger partial charge in [-0.05, 0) is 66.8 Å². The molecular formula is C16H21BrClN5S. The number of hydrogen-bond donors (Lipinski definition) is 2. The van der Waals surface area contributed by atoms with E-state index in [1.54, 1.807) is 0 Å². The van der Waals surface area contributed by atoms with Gasteiger partial charge in [0.25, 0.3) is 0 Å². The molecule has 0 saturated carbocycles. The van der Waals surface area contributed by atoms with E-state index in [0.29, 0.717) is 17.5 Å². The van der Waals surface area contributed by atoms with Gasteiger partial charge in [0.05, 0.1) is 11.0 Å². The van der Waals surface area contributed by atoms with Crippen LogP contribution in [-0.4, -0.2) is 47.0 Å². The predicted molar refractivity (Wildman–Crippen MR) is 108 cm³/mol. The zero-order valence-electron chi connectivity index (χ0n) is 13.7. The molecule has 0 aliphatic heterocycles. The van der Waals surface area contributed by atoms with Crippen LogP contribution in [0.5, 0.6) is 0 Å². The second-order valence-corrected chi connectivity index (χ2v) is 7.32. The van der Waals surface area contributed by atoms with Gasteiger partial charge in [-0.25, -0.2) is 0 Å². The van der Waals surface area contributed by atoms with Crippen molar-refractivity contribution < 1.29 is 0 Å².